The molecule has 0 aliphatic carbocycles. The normalized spacial score (nSPS) is 16.1. The first kappa shape index (κ1) is 21.7. The average Bonchev–Trinajstić information content (AvgIpc) is 2.72. The van der Waals surface area contributed by atoms with Crippen molar-refractivity contribution in [2.24, 2.45) is 0 Å². The van der Waals surface area contributed by atoms with Gasteiger partial charge in [0.2, 0.25) is 10.0 Å². The Balaban J connectivity index is 1.86. The van der Waals surface area contributed by atoms with Crippen molar-refractivity contribution < 1.29 is 13.2 Å². The molecular formula is C23H32N2O3S. The van der Waals surface area contributed by atoms with Gasteiger partial charge in [-0.25, -0.2) is 8.42 Å². The lowest BCUT2D eigenvalue weighted by Crippen LogP contribution is -2.48. The summed E-state index contributed by atoms with van der Waals surface area (Å²) in [5.41, 5.74) is 1.98. The number of para-hydroxylation sites is 1. The summed E-state index contributed by atoms with van der Waals surface area (Å²) in [4.78, 5) is 2.51. The van der Waals surface area contributed by atoms with Crippen LogP contribution < -0.4 is 9.64 Å². The van der Waals surface area contributed by atoms with Crippen molar-refractivity contribution in [3.05, 3.63) is 54.1 Å². The monoisotopic (exact) mass is 416 g/mol. The zero-order chi connectivity index (χ0) is 21.1. The van der Waals surface area contributed by atoms with Gasteiger partial charge in [-0.2, -0.15) is 4.31 Å². The zero-order valence-corrected chi connectivity index (χ0v) is 18.7. The first-order valence-electron chi connectivity index (χ1n) is 10.3. The van der Waals surface area contributed by atoms with Crippen LogP contribution in [0.3, 0.4) is 0 Å². The summed E-state index contributed by atoms with van der Waals surface area (Å²) >= 11 is 0. The maximum atomic E-state index is 13.5. The second-order valence-corrected chi connectivity index (χ2v) is 10.4. The van der Waals surface area contributed by atoms with Crippen molar-refractivity contribution in [3.63, 3.8) is 0 Å². The molecule has 6 heteroatoms. The lowest BCUT2D eigenvalue weighted by molar-refractivity contribution is 0.306. The van der Waals surface area contributed by atoms with Gasteiger partial charge in [0.1, 0.15) is 10.6 Å². The summed E-state index contributed by atoms with van der Waals surface area (Å²) in [5, 5.41) is 0. The number of rotatable bonds is 6. The van der Waals surface area contributed by atoms with Crippen LogP contribution in [0, 0.1) is 0 Å². The van der Waals surface area contributed by atoms with Gasteiger partial charge in [0.15, 0.2) is 0 Å². The number of ether oxygens (including phenoxy) is 1. The largest absolute Gasteiger partial charge is 0.492 e. The Morgan fingerprint density at radius 1 is 0.966 bits per heavy atom. The summed E-state index contributed by atoms with van der Waals surface area (Å²) in [6.45, 7) is 11.0. The van der Waals surface area contributed by atoms with Crippen molar-refractivity contribution in [1.29, 1.82) is 0 Å². The van der Waals surface area contributed by atoms with E-state index in [2.05, 4.69) is 37.8 Å². The molecule has 0 saturated carbocycles. The number of anilines is 1. The topological polar surface area (TPSA) is 49.9 Å². The summed E-state index contributed by atoms with van der Waals surface area (Å²) in [7, 11) is -3.63. The molecule has 29 heavy (non-hydrogen) atoms. The van der Waals surface area contributed by atoms with Crippen molar-refractivity contribution in [2.75, 3.05) is 37.7 Å². The highest BCUT2D eigenvalue weighted by atomic mass is 32.2. The van der Waals surface area contributed by atoms with E-state index >= 15 is 0 Å². The number of hydrogen-bond donors (Lipinski definition) is 0. The number of nitrogens with zero attached hydrogens (tertiary/aromatic N) is 2. The molecule has 0 unspecified atom stereocenters. The molecule has 0 bridgehead atoms. The molecule has 1 aliphatic heterocycles. The molecule has 1 heterocycles. The molecule has 0 amide bonds. The Morgan fingerprint density at radius 3 is 2.21 bits per heavy atom. The summed E-state index contributed by atoms with van der Waals surface area (Å²) in [6.07, 6.45) is 0.830. The van der Waals surface area contributed by atoms with E-state index in [9.17, 15) is 8.42 Å². The fourth-order valence-corrected chi connectivity index (χ4v) is 5.05. The Kier molecular flexibility index (Phi) is 6.54. The lowest BCUT2D eigenvalue weighted by Gasteiger charge is -2.35. The third-order valence-electron chi connectivity index (χ3n) is 5.25. The van der Waals surface area contributed by atoms with Gasteiger partial charge in [-0.15, -0.1) is 0 Å². The van der Waals surface area contributed by atoms with Gasteiger partial charge < -0.3 is 9.64 Å². The van der Waals surface area contributed by atoms with Crippen molar-refractivity contribution in [1.82, 2.24) is 4.31 Å². The maximum absolute atomic E-state index is 13.5. The van der Waals surface area contributed by atoms with E-state index < -0.39 is 10.0 Å². The Labute approximate surface area is 175 Å². The fourth-order valence-electron chi connectivity index (χ4n) is 3.47. The van der Waals surface area contributed by atoms with Gasteiger partial charge in [-0.3, -0.25) is 0 Å². The molecule has 0 atom stereocenters. The highest BCUT2D eigenvalue weighted by Gasteiger charge is 2.32. The standard InChI is InChI=1S/C23H32N2O3S/c1-5-17-28-21-12-11-19(23(2,3)4)18-22(21)29(26,27)25-15-13-24(14-16-25)20-9-7-6-8-10-20/h6-12,18H,5,13-17H2,1-4H3. The summed E-state index contributed by atoms with van der Waals surface area (Å²) < 4.78 is 34.4. The highest BCUT2D eigenvalue weighted by Crippen LogP contribution is 2.33. The molecule has 0 N–H and O–H groups in total. The molecule has 0 radical (unpaired) electrons. The van der Waals surface area contributed by atoms with Crippen LogP contribution in [0.4, 0.5) is 5.69 Å². The van der Waals surface area contributed by atoms with Crippen LogP contribution in [0.25, 0.3) is 0 Å². The Hall–Kier alpha value is -2.05. The SMILES string of the molecule is CCCOc1ccc(C(C)(C)C)cc1S(=O)(=O)N1CCN(c2ccccc2)CC1. The minimum atomic E-state index is -3.63. The van der Waals surface area contributed by atoms with Crippen LogP contribution in [0.15, 0.2) is 53.4 Å². The second-order valence-electron chi connectivity index (χ2n) is 8.49. The Morgan fingerprint density at radius 2 is 1.62 bits per heavy atom. The van der Waals surface area contributed by atoms with Crippen molar-refractivity contribution >= 4 is 15.7 Å². The van der Waals surface area contributed by atoms with Gasteiger partial charge in [0, 0.05) is 31.9 Å². The number of sulfonamides is 1. The Bertz CT molecular complexity index is 913. The fraction of sp³-hybridized carbons (Fsp3) is 0.478. The molecule has 3 rings (SSSR count). The van der Waals surface area contributed by atoms with Crippen LogP contribution in [0.2, 0.25) is 0 Å². The predicted octanol–water partition coefficient (Wildman–Crippen LogP) is 4.28. The predicted molar refractivity (Wildman–Crippen MR) is 118 cm³/mol. The first-order valence-corrected chi connectivity index (χ1v) is 11.7. The molecule has 2 aromatic rings. The first-order chi connectivity index (χ1) is 13.7. The van der Waals surface area contributed by atoms with Crippen LogP contribution in [-0.2, 0) is 15.4 Å². The molecular weight excluding hydrogens is 384 g/mol. The van der Waals surface area contributed by atoms with Crippen molar-refractivity contribution in [2.45, 2.75) is 44.4 Å². The molecule has 158 valence electrons. The number of hydrogen-bond acceptors (Lipinski definition) is 4. The zero-order valence-electron chi connectivity index (χ0n) is 17.9. The van der Waals surface area contributed by atoms with Crippen LogP contribution >= 0.6 is 0 Å². The number of piperazine rings is 1. The maximum Gasteiger partial charge on any atom is 0.246 e. The van der Waals surface area contributed by atoms with Crippen LogP contribution in [0.1, 0.15) is 39.7 Å². The molecule has 2 aromatic carbocycles. The van der Waals surface area contributed by atoms with Gasteiger partial charge in [0.05, 0.1) is 6.61 Å². The van der Waals surface area contributed by atoms with Gasteiger partial charge in [-0.05, 0) is 41.7 Å². The molecule has 1 fully saturated rings. The van der Waals surface area contributed by atoms with E-state index in [0.29, 0.717) is 38.5 Å². The molecule has 1 saturated heterocycles. The van der Waals surface area contributed by atoms with Crippen LogP contribution in [0.5, 0.6) is 5.75 Å². The second kappa shape index (κ2) is 8.76. The van der Waals surface area contributed by atoms with Crippen LogP contribution in [-0.4, -0.2) is 45.5 Å². The molecule has 1 aliphatic rings. The molecule has 0 spiro atoms. The van der Waals surface area contributed by atoms with E-state index in [1.165, 1.54) is 0 Å². The van der Waals surface area contributed by atoms with Gasteiger partial charge >= 0.3 is 0 Å². The summed E-state index contributed by atoms with van der Waals surface area (Å²) in [5.74, 6) is 0.449. The van der Waals surface area contributed by atoms with E-state index in [-0.39, 0.29) is 10.3 Å². The van der Waals surface area contributed by atoms with E-state index in [1.807, 2.05) is 37.3 Å². The minimum Gasteiger partial charge on any atom is -0.492 e. The molecule has 0 aromatic heterocycles. The highest BCUT2D eigenvalue weighted by molar-refractivity contribution is 7.89. The number of benzene rings is 2. The third-order valence-corrected chi connectivity index (χ3v) is 7.17. The van der Waals surface area contributed by atoms with E-state index in [1.54, 1.807) is 10.4 Å². The van der Waals surface area contributed by atoms with Gasteiger partial charge in [-0.1, -0.05) is 52.0 Å². The molecule has 5 nitrogen and oxygen atoms in total. The minimum absolute atomic E-state index is 0.139. The van der Waals surface area contributed by atoms with E-state index in [4.69, 9.17) is 4.74 Å². The third kappa shape index (κ3) is 4.93. The smallest absolute Gasteiger partial charge is 0.246 e. The lowest BCUT2D eigenvalue weighted by atomic mass is 9.87. The quantitative estimate of drug-likeness (QED) is 0.705. The summed E-state index contributed by atoms with van der Waals surface area (Å²) in [6, 6.07) is 15.7. The van der Waals surface area contributed by atoms with Crippen molar-refractivity contribution in [3.8, 4) is 5.75 Å². The van der Waals surface area contributed by atoms with E-state index in [0.717, 1.165) is 17.7 Å². The van der Waals surface area contributed by atoms with Gasteiger partial charge in [0.25, 0.3) is 0 Å². The average molecular weight is 417 g/mol.